The number of para-hydroxylation sites is 1. The molecule has 0 aliphatic carbocycles. The maximum absolute atomic E-state index is 12.2. The summed E-state index contributed by atoms with van der Waals surface area (Å²) in [7, 11) is 0. The molecule has 2 saturated heterocycles. The van der Waals surface area contributed by atoms with Gasteiger partial charge in [-0.15, -0.1) is 0 Å². The third-order valence-electron chi connectivity index (χ3n) is 5.55. The minimum absolute atomic E-state index is 0.103. The Morgan fingerprint density at radius 2 is 1.79 bits per heavy atom. The Balaban J connectivity index is 1.40. The fraction of sp³-hybridized carbons (Fsp3) is 0.524. The van der Waals surface area contributed by atoms with Gasteiger partial charge < -0.3 is 14.7 Å². The fourth-order valence-corrected chi connectivity index (χ4v) is 3.94. The largest absolute Gasteiger partial charge is 0.508 e. The van der Waals surface area contributed by atoms with Crippen LogP contribution in [-0.4, -0.2) is 77.4 Å². The van der Waals surface area contributed by atoms with Crippen molar-refractivity contribution in [2.24, 2.45) is 0 Å². The van der Waals surface area contributed by atoms with Crippen molar-refractivity contribution in [3.05, 3.63) is 51.9 Å². The summed E-state index contributed by atoms with van der Waals surface area (Å²) in [5, 5.41) is 10.0. The van der Waals surface area contributed by atoms with Crippen molar-refractivity contribution in [1.82, 2.24) is 19.8 Å². The first-order chi connectivity index (χ1) is 14.2. The number of hydrogen-bond donors (Lipinski definition) is 2. The number of aromatic amines is 1. The molecular weight excluding hydrogens is 370 g/mol. The molecule has 156 valence electrons. The molecule has 2 aliphatic rings. The number of morpholine rings is 1. The van der Waals surface area contributed by atoms with Crippen LogP contribution in [0.1, 0.15) is 17.7 Å². The molecule has 4 rings (SSSR count). The summed E-state index contributed by atoms with van der Waals surface area (Å²) in [5.74, 6) is 1.00. The summed E-state index contributed by atoms with van der Waals surface area (Å²) >= 11 is 0. The zero-order valence-corrected chi connectivity index (χ0v) is 16.7. The Morgan fingerprint density at radius 3 is 2.62 bits per heavy atom. The van der Waals surface area contributed by atoms with E-state index in [0.717, 1.165) is 76.7 Å². The molecule has 0 unspecified atom stereocenters. The van der Waals surface area contributed by atoms with Crippen LogP contribution in [-0.2, 0) is 17.8 Å². The van der Waals surface area contributed by atoms with Gasteiger partial charge in [-0.3, -0.25) is 19.6 Å². The molecule has 8 heteroatoms. The number of phenols is 1. The normalized spacial score (nSPS) is 19.2. The maximum atomic E-state index is 12.2. The van der Waals surface area contributed by atoms with Gasteiger partial charge >= 0.3 is 0 Å². The van der Waals surface area contributed by atoms with Crippen LogP contribution in [0.25, 0.3) is 0 Å². The molecule has 3 heterocycles. The minimum Gasteiger partial charge on any atom is -0.508 e. The molecular formula is C21H29N5O3. The monoisotopic (exact) mass is 399 g/mol. The average molecular weight is 399 g/mol. The first-order valence-corrected chi connectivity index (χ1v) is 10.3. The third-order valence-corrected chi connectivity index (χ3v) is 5.55. The van der Waals surface area contributed by atoms with Gasteiger partial charge in [0.25, 0.3) is 5.56 Å². The van der Waals surface area contributed by atoms with Gasteiger partial charge in [0, 0.05) is 64.0 Å². The van der Waals surface area contributed by atoms with Crippen molar-refractivity contribution in [3.8, 4) is 5.75 Å². The Labute approximate surface area is 170 Å². The Morgan fingerprint density at radius 1 is 1.00 bits per heavy atom. The summed E-state index contributed by atoms with van der Waals surface area (Å²) in [6, 6.07) is 9.09. The second kappa shape index (κ2) is 9.39. The Bertz CT molecular complexity index is 865. The highest BCUT2D eigenvalue weighted by Crippen LogP contribution is 2.19. The zero-order valence-electron chi connectivity index (χ0n) is 16.7. The van der Waals surface area contributed by atoms with Crippen LogP contribution in [0.2, 0.25) is 0 Å². The van der Waals surface area contributed by atoms with Gasteiger partial charge in [0.15, 0.2) is 0 Å². The molecule has 1 aromatic heterocycles. The van der Waals surface area contributed by atoms with Crippen LogP contribution in [0, 0.1) is 0 Å². The van der Waals surface area contributed by atoms with Crippen molar-refractivity contribution >= 4 is 5.95 Å². The van der Waals surface area contributed by atoms with E-state index < -0.39 is 0 Å². The molecule has 0 spiro atoms. The van der Waals surface area contributed by atoms with Crippen LogP contribution in [0.5, 0.6) is 5.75 Å². The van der Waals surface area contributed by atoms with Crippen LogP contribution in [0.15, 0.2) is 35.1 Å². The van der Waals surface area contributed by atoms with E-state index >= 15 is 0 Å². The lowest BCUT2D eigenvalue weighted by atomic mass is 10.2. The Hall–Kier alpha value is -2.42. The number of anilines is 1. The van der Waals surface area contributed by atoms with Crippen LogP contribution in [0.4, 0.5) is 5.95 Å². The van der Waals surface area contributed by atoms with Crippen molar-refractivity contribution in [2.75, 3.05) is 57.4 Å². The molecule has 1 aromatic carbocycles. The number of aromatic nitrogens is 2. The number of hydrogen-bond acceptors (Lipinski definition) is 7. The van der Waals surface area contributed by atoms with E-state index in [9.17, 15) is 9.90 Å². The van der Waals surface area contributed by atoms with Crippen LogP contribution in [0.3, 0.4) is 0 Å². The molecule has 0 bridgehead atoms. The van der Waals surface area contributed by atoms with Crippen molar-refractivity contribution < 1.29 is 9.84 Å². The molecule has 0 atom stereocenters. The van der Waals surface area contributed by atoms with Gasteiger partial charge in [-0.1, -0.05) is 18.2 Å². The van der Waals surface area contributed by atoms with Gasteiger partial charge in [-0.2, -0.15) is 0 Å². The molecule has 2 aromatic rings. The number of ether oxygens (including phenoxy) is 1. The lowest BCUT2D eigenvalue weighted by Crippen LogP contribution is -2.37. The third kappa shape index (κ3) is 5.35. The highest BCUT2D eigenvalue weighted by Gasteiger charge is 2.19. The number of benzene rings is 1. The van der Waals surface area contributed by atoms with Crippen LogP contribution < -0.4 is 10.5 Å². The zero-order chi connectivity index (χ0) is 20.1. The van der Waals surface area contributed by atoms with E-state index in [-0.39, 0.29) is 5.56 Å². The van der Waals surface area contributed by atoms with Gasteiger partial charge in [-0.25, -0.2) is 4.98 Å². The van der Waals surface area contributed by atoms with Crippen molar-refractivity contribution in [1.29, 1.82) is 0 Å². The highest BCUT2D eigenvalue weighted by molar-refractivity contribution is 5.32. The van der Waals surface area contributed by atoms with Gasteiger partial charge in [-0.05, 0) is 12.5 Å². The molecule has 0 saturated carbocycles. The number of nitrogens with zero attached hydrogens (tertiary/aromatic N) is 4. The molecule has 29 heavy (non-hydrogen) atoms. The molecule has 2 fully saturated rings. The second-order valence-electron chi connectivity index (χ2n) is 7.69. The molecule has 2 aliphatic heterocycles. The van der Waals surface area contributed by atoms with E-state index in [4.69, 9.17) is 9.72 Å². The van der Waals surface area contributed by atoms with E-state index in [1.54, 1.807) is 12.1 Å². The van der Waals surface area contributed by atoms with E-state index in [0.29, 0.717) is 18.2 Å². The van der Waals surface area contributed by atoms with E-state index in [2.05, 4.69) is 19.7 Å². The topological polar surface area (TPSA) is 84.9 Å². The minimum atomic E-state index is -0.103. The highest BCUT2D eigenvalue weighted by atomic mass is 16.5. The van der Waals surface area contributed by atoms with Crippen LogP contribution >= 0.6 is 0 Å². The predicted octanol–water partition coefficient (Wildman–Crippen LogP) is 1.02. The number of H-pyrrole nitrogens is 1. The Kier molecular flexibility index (Phi) is 6.43. The number of rotatable bonds is 5. The summed E-state index contributed by atoms with van der Waals surface area (Å²) in [6.07, 6.45) is 0.977. The smallest absolute Gasteiger partial charge is 0.252 e. The summed E-state index contributed by atoms with van der Waals surface area (Å²) < 4.78 is 5.40. The molecule has 0 radical (unpaired) electrons. The molecule has 0 amide bonds. The first kappa shape index (κ1) is 19.9. The lowest BCUT2D eigenvalue weighted by Gasteiger charge is -2.27. The second-order valence-corrected chi connectivity index (χ2v) is 7.69. The van der Waals surface area contributed by atoms with Gasteiger partial charge in [0.2, 0.25) is 5.95 Å². The molecule has 8 nitrogen and oxygen atoms in total. The number of nitrogens with one attached hydrogen (secondary N) is 1. The van der Waals surface area contributed by atoms with Crippen molar-refractivity contribution in [2.45, 2.75) is 19.5 Å². The summed E-state index contributed by atoms with van der Waals surface area (Å²) in [6.45, 7) is 8.04. The SMILES string of the molecule is O=c1cc(CN2CCOCC2)nc(N2CCCN(Cc3ccccc3O)CC2)[nH]1. The number of aromatic hydroxyl groups is 1. The first-order valence-electron chi connectivity index (χ1n) is 10.3. The van der Waals surface area contributed by atoms with E-state index in [1.165, 1.54) is 0 Å². The fourth-order valence-electron chi connectivity index (χ4n) is 3.94. The van der Waals surface area contributed by atoms with Gasteiger partial charge in [0.1, 0.15) is 5.75 Å². The van der Waals surface area contributed by atoms with Gasteiger partial charge in [0.05, 0.1) is 18.9 Å². The van der Waals surface area contributed by atoms with Crippen molar-refractivity contribution in [3.63, 3.8) is 0 Å². The molecule has 2 N–H and O–H groups in total. The maximum Gasteiger partial charge on any atom is 0.252 e. The number of phenolic OH excluding ortho intramolecular Hbond substituents is 1. The summed E-state index contributed by atoms with van der Waals surface area (Å²) in [5.41, 5.74) is 1.65. The average Bonchev–Trinajstić information content (AvgIpc) is 2.96. The van der Waals surface area contributed by atoms with E-state index in [1.807, 2.05) is 18.2 Å². The predicted molar refractivity (Wildman–Crippen MR) is 111 cm³/mol. The lowest BCUT2D eigenvalue weighted by molar-refractivity contribution is 0.0336. The quantitative estimate of drug-likeness (QED) is 0.776. The summed E-state index contributed by atoms with van der Waals surface area (Å²) in [4.78, 5) is 26.6. The standard InChI is InChI=1S/C21H29N5O3/c27-19-5-2-1-4-17(19)15-24-6-3-7-26(9-8-24)21-22-18(14-20(28)23-21)16-25-10-12-29-13-11-25/h1-2,4-5,14,27H,3,6-13,15-16H2,(H,22,23,28).